The number of nitrogen functional groups attached to an aromatic ring is 1. The molecule has 0 aliphatic carbocycles. The number of nitrogens with two attached hydrogens (primary N) is 1. The zero-order valence-electron chi connectivity index (χ0n) is 27.6. The number of hydrogen-bond acceptors (Lipinski definition) is 15. The Morgan fingerprint density at radius 2 is 1.74 bits per heavy atom. The van der Waals surface area contributed by atoms with Gasteiger partial charge >= 0.3 is 7.82 Å². The average Bonchev–Trinajstić information content (AvgIpc) is 3.42. The van der Waals surface area contributed by atoms with Crippen LogP contribution in [0.2, 0.25) is 0 Å². The van der Waals surface area contributed by atoms with E-state index in [1.165, 1.54) is 0 Å². The molecule has 1 aliphatic heterocycles. The van der Waals surface area contributed by atoms with Gasteiger partial charge in [0.1, 0.15) is 36.2 Å². The van der Waals surface area contributed by atoms with E-state index in [0.717, 1.165) is 40.4 Å². The number of ether oxygens (including phenoxy) is 1. The highest BCUT2D eigenvalue weighted by atomic mass is 32.2. The second-order valence-corrected chi connectivity index (χ2v) is 15.2. The number of rotatable bonds is 12. The Kier molecular flexibility index (Phi) is 10.0. The summed E-state index contributed by atoms with van der Waals surface area (Å²) in [5.41, 5.74) is 1.74. The van der Waals surface area contributed by atoms with E-state index in [1.54, 1.807) is 47.6 Å². The number of phosphoric acid groups is 1. The van der Waals surface area contributed by atoms with Crippen LogP contribution in [0.25, 0.3) is 5.52 Å². The van der Waals surface area contributed by atoms with E-state index in [4.69, 9.17) is 28.2 Å². The van der Waals surface area contributed by atoms with Gasteiger partial charge in [-0.15, -0.1) is 0 Å². The van der Waals surface area contributed by atoms with Crippen LogP contribution in [0, 0.1) is 22.2 Å². The number of fused-ring (bicyclic) bond motifs is 1. The molecular weight excluding hydrogens is 621 g/mol. The summed E-state index contributed by atoms with van der Waals surface area (Å²) in [7, 11) is -4.86. The van der Waals surface area contributed by atoms with Gasteiger partial charge in [-0.25, -0.2) is 14.1 Å². The van der Waals surface area contributed by atoms with Crippen LogP contribution in [0.3, 0.4) is 0 Å². The lowest BCUT2D eigenvalue weighted by atomic mass is 9.92. The molecular formula is C26H38N5O9PS2. The number of aromatic nitrogens is 3. The van der Waals surface area contributed by atoms with Gasteiger partial charge < -0.3 is 20.7 Å². The van der Waals surface area contributed by atoms with Crippen LogP contribution in [0.5, 0.6) is 0 Å². The summed E-state index contributed by atoms with van der Waals surface area (Å²) in [6.45, 7) is 6.33. The number of hydrogen-bond donors (Lipinski definition) is 3. The second-order valence-electron chi connectivity index (χ2n) is 11.5. The number of thioether (sulfide) groups is 2. The summed E-state index contributed by atoms with van der Waals surface area (Å²) in [6, 6.07) is 2.59. The minimum absolute atomic E-state index is 0.00756. The van der Waals surface area contributed by atoms with Gasteiger partial charge in [0.2, 0.25) is 5.60 Å². The summed E-state index contributed by atoms with van der Waals surface area (Å²) < 4.78 is 61.7. The number of phosphoric ester groups is 1. The van der Waals surface area contributed by atoms with Crippen molar-refractivity contribution in [2.75, 3.05) is 37.0 Å². The Hall–Kier alpha value is -2.06. The summed E-state index contributed by atoms with van der Waals surface area (Å²) in [5.74, 6) is -0.108. The number of nitrogens with zero attached hydrogens (tertiary/aromatic N) is 4. The molecule has 1 aliphatic rings. The fourth-order valence-electron chi connectivity index (χ4n) is 3.55. The topological polar surface area (TPSA) is 209 Å². The van der Waals surface area contributed by atoms with Gasteiger partial charge in [0.25, 0.3) is 0 Å². The van der Waals surface area contributed by atoms with Crippen LogP contribution >= 0.6 is 31.3 Å². The Labute approximate surface area is 262 Å². The molecule has 0 saturated carbocycles. The van der Waals surface area contributed by atoms with Crippen molar-refractivity contribution < 1.29 is 46.8 Å². The van der Waals surface area contributed by atoms with Crippen LogP contribution in [0.15, 0.2) is 18.4 Å². The van der Waals surface area contributed by atoms with Gasteiger partial charge in [-0.1, -0.05) is 65.1 Å². The fourth-order valence-corrected chi connectivity index (χ4v) is 6.41. The molecule has 1 saturated heterocycles. The van der Waals surface area contributed by atoms with Crippen LogP contribution in [-0.2, 0) is 38.1 Å². The van der Waals surface area contributed by atoms with E-state index < -0.39 is 49.1 Å². The van der Waals surface area contributed by atoms with Crippen molar-refractivity contribution in [3.63, 3.8) is 0 Å². The lowest BCUT2D eigenvalue weighted by molar-refractivity contribution is -0.118. The van der Waals surface area contributed by atoms with Crippen molar-refractivity contribution in [1.82, 2.24) is 14.6 Å². The molecule has 0 radical (unpaired) electrons. The van der Waals surface area contributed by atoms with Gasteiger partial charge in [-0.05, 0) is 12.1 Å². The normalized spacial score (nSPS) is 24.3. The molecule has 4 N–H and O–H groups in total. The first-order valence-corrected chi connectivity index (χ1v) is 16.5. The fraction of sp³-hybridized carbons (Fsp3) is 0.654. The van der Waals surface area contributed by atoms with E-state index >= 15 is 0 Å². The molecule has 43 heavy (non-hydrogen) atoms. The Balaban J connectivity index is 1.86. The largest absolute Gasteiger partial charge is 0.474 e. The number of aliphatic hydroxyl groups is 2. The zero-order valence-corrected chi connectivity index (χ0v) is 27.1. The van der Waals surface area contributed by atoms with Crippen LogP contribution in [0.1, 0.15) is 51.3 Å². The second kappa shape index (κ2) is 13.9. The van der Waals surface area contributed by atoms with E-state index in [2.05, 4.69) is 10.1 Å². The quantitative estimate of drug-likeness (QED) is 0.220. The minimum Gasteiger partial charge on any atom is -0.387 e. The molecule has 1 fully saturated rings. The maximum atomic E-state index is 13.8. The van der Waals surface area contributed by atoms with Crippen molar-refractivity contribution in [3.8, 4) is 6.07 Å². The average molecular weight is 663 g/mol. The number of aliphatic hydroxyl groups excluding tert-OH is 2. The number of anilines is 1. The molecule has 3 rings (SSSR count). The summed E-state index contributed by atoms with van der Waals surface area (Å²) in [6.07, 6.45) is -5.38. The molecule has 0 aromatic carbocycles. The van der Waals surface area contributed by atoms with Crippen molar-refractivity contribution in [2.24, 2.45) is 10.8 Å². The van der Waals surface area contributed by atoms with Gasteiger partial charge in [-0.3, -0.25) is 23.2 Å². The van der Waals surface area contributed by atoms with Gasteiger partial charge in [0.15, 0.2) is 16.0 Å². The minimum atomic E-state index is -4.86. The predicted octanol–water partition coefficient (Wildman–Crippen LogP) is 2.92. The van der Waals surface area contributed by atoms with Crippen LogP contribution < -0.4 is 5.73 Å². The van der Waals surface area contributed by atoms with Crippen molar-refractivity contribution >= 4 is 52.9 Å². The smallest absolute Gasteiger partial charge is 0.387 e. The lowest BCUT2D eigenvalue weighted by Crippen LogP contribution is -2.41. The molecule has 14 nitrogen and oxygen atoms in total. The van der Waals surface area contributed by atoms with Crippen LogP contribution in [0.4, 0.5) is 5.82 Å². The summed E-state index contributed by atoms with van der Waals surface area (Å²) >= 11 is 1.80. The summed E-state index contributed by atoms with van der Waals surface area (Å²) in [4.78, 5) is 28.4. The van der Waals surface area contributed by atoms with Gasteiger partial charge in [-0.2, -0.15) is 10.4 Å². The van der Waals surface area contributed by atoms with Crippen LogP contribution in [-0.4, -0.2) is 84.6 Å². The third-order valence-corrected chi connectivity index (χ3v) is 9.76. The first-order chi connectivity index (χ1) is 21.1. The molecule has 4 atom stereocenters. The molecule has 0 spiro atoms. The number of nitriles is 1. The highest BCUT2D eigenvalue weighted by Gasteiger charge is 2.58. The van der Waals surface area contributed by atoms with Crippen molar-refractivity contribution in [1.29, 1.82) is 5.26 Å². The highest BCUT2D eigenvalue weighted by molar-refractivity contribution is 8.14. The monoisotopic (exact) mass is 662 g/mol. The summed E-state index contributed by atoms with van der Waals surface area (Å²) in [5, 5.41) is 35.8. The van der Waals surface area contributed by atoms with Gasteiger partial charge in [0, 0.05) is 22.3 Å². The maximum absolute atomic E-state index is 13.8. The predicted molar refractivity (Wildman–Crippen MR) is 161 cm³/mol. The lowest BCUT2D eigenvalue weighted by Gasteiger charge is -2.24. The third-order valence-electron chi connectivity index (χ3n) is 5.94. The Morgan fingerprint density at radius 3 is 2.26 bits per heavy atom. The maximum Gasteiger partial charge on any atom is 0.474 e. The Bertz CT molecular complexity index is 1510. The molecule has 0 bridgehead atoms. The van der Waals surface area contributed by atoms with Crippen molar-refractivity contribution in [2.45, 2.75) is 65.5 Å². The molecule has 2 aromatic heterocycles. The number of carbonyl (C=O) groups excluding carboxylic acids is 2. The standard InChI is InChI=1S/C26H38N5O9PS2/c1-24(2,3)22(34)42-11-9-37-41(36,38-10-12-43-23(35)25(4,5)6)39-13-17-19(32)20(33)26(14-27,40-17)18-8-7-16-21(28)29-15-30-31(16)18/h7-8,15,17,19-20,32-33H,9-13H2,1-6H3,(H2,28,29,30)/t17-,19-,20-,26+/m1/s1/i7D,13D2. The molecule has 238 valence electrons. The molecule has 2 aromatic rings. The van der Waals surface area contributed by atoms with E-state index in [1.807, 2.05) is 0 Å². The highest BCUT2D eigenvalue weighted by Crippen LogP contribution is 2.51. The van der Waals surface area contributed by atoms with Crippen molar-refractivity contribution in [3.05, 3.63) is 24.1 Å². The van der Waals surface area contributed by atoms with Gasteiger partial charge in [0.05, 0.1) is 29.6 Å². The third kappa shape index (κ3) is 8.36. The Morgan fingerprint density at radius 1 is 1.19 bits per heavy atom. The molecule has 3 heterocycles. The van der Waals surface area contributed by atoms with E-state index in [-0.39, 0.29) is 58.0 Å². The first-order valence-electron chi connectivity index (χ1n) is 14.6. The SMILES string of the molecule is [2H]c1cc([C@]2(C#N)O[C@H](C([2H])([2H])OP(=O)(OCCSC(=O)C(C)(C)C)OCCSC(=O)C(C)(C)C)[C@@H](O)[C@H]2O)n2ncnc(N)c12. The number of carbonyl (C=O) groups is 2. The molecule has 17 heteroatoms. The first kappa shape index (κ1) is 30.9. The zero-order chi connectivity index (χ0) is 34.9. The van der Waals surface area contributed by atoms with E-state index in [0.29, 0.717) is 0 Å². The molecule has 0 amide bonds. The molecule has 0 unspecified atom stereocenters. The van der Waals surface area contributed by atoms with E-state index in [9.17, 15) is 29.6 Å².